The van der Waals surface area contributed by atoms with E-state index in [0.717, 1.165) is 4.90 Å². The number of hydroxylamine groups is 2. The maximum absolute atomic E-state index is 14.3. The number of carbonyl (C=O) groups is 3. The van der Waals surface area contributed by atoms with Gasteiger partial charge in [-0.1, -0.05) is 0 Å². The summed E-state index contributed by atoms with van der Waals surface area (Å²) in [6, 6.07) is -2.57. The summed E-state index contributed by atoms with van der Waals surface area (Å²) in [6.45, 7) is 0.970. The molecule has 2 atom stereocenters. The molecule has 0 saturated carbocycles. The number of carbonyl (C=O) groups excluding carboxylic acids is 3. The van der Waals surface area contributed by atoms with E-state index >= 15 is 0 Å². The molecular formula is C15H23F2N3O7. The summed E-state index contributed by atoms with van der Waals surface area (Å²) >= 11 is 0. The largest absolute Gasteiger partial charge is 0.477 e. The number of nitrogens with two attached hydrogens (primary N) is 1. The van der Waals surface area contributed by atoms with Gasteiger partial charge >= 0.3 is 18.1 Å². The Morgan fingerprint density at radius 2 is 1.81 bits per heavy atom. The van der Waals surface area contributed by atoms with Crippen LogP contribution in [0.3, 0.4) is 0 Å². The Labute approximate surface area is 154 Å². The van der Waals surface area contributed by atoms with Crippen LogP contribution >= 0.6 is 0 Å². The molecule has 2 bridgehead atoms. The van der Waals surface area contributed by atoms with E-state index in [0.29, 0.717) is 5.06 Å². The number of halogens is 2. The molecule has 154 valence electrons. The van der Waals surface area contributed by atoms with E-state index in [-0.39, 0.29) is 32.6 Å². The predicted molar refractivity (Wildman–Crippen MR) is 84.2 cm³/mol. The maximum atomic E-state index is 14.3. The number of ether oxygens (including phenoxy) is 3. The fourth-order valence-corrected chi connectivity index (χ4v) is 3.20. The van der Waals surface area contributed by atoms with Crippen LogP contribution in [0.4, 0.5) is 13.6 Å². The third kappa shape index (κ3) is 4.45. The summed E-state index contributed by atoms with van der Waals surface area (Å²) in [4.78, 5) is 41.1. The Morgan fingerprint density at radius 1 is 1.22 bits per heavy atom. The molecule has 0 aromatic carbocycles. The minimum atomic E-state index is -4.43. The van der Waals surface area contributed by atoms with Crippen LogP contribution in [0.2, 0.25) is 0 Å². The molecule has 2 heterocycles. The van der Waals surface area contributed by atoms with Gasteiger partial charge in [0.25, 0.3) is 0 Å². The highest BCUT2D eigenvalue weighted by molar-refractivity contribution is 5.87. The Balaban J connectivity index is 2.08. The highest BCUT2D eigenvalue weighted by Gasteiger charge is 2.55. The van der Waals surface area contributed by atoms with Crippen LogP contribution in [0.25, 0.3) is 0 Å². The Bertz CT molecular complexity index is 598. The minimum absolute atomic E-state index is 0.00261. The van der Waals surface area contributed by atoms with Gasteiger partial charge in [0.15, 0.2) is 5.60 Å². The Hall–Kier alpha value is -2.05. The van der Waals surface area contributed by atoms with Gasteiger partial charge in [-0.15, -0.1) is 0 Å². The average Bonchev–Trinajstić information content (AvgIpc) is 2.79. The van der Waals surface area contributed by atoms with E-state index < -0.39 is 41.7 Å². The zero-order chi connectivity index (χ0) is 20.4. The zero-order valence-corrected chi connectivity index (χ0v) is 15.3. The molecule has 1 unspecified atom stereocenters. The van der Waals surface area contributed by atoms with Crippen LogP contribution in [0, 0.1) is 0 Å². The van der Waals surface area contributed by atoms with Crippen molar-refractivity contribution < 1.29 is 42.2 Å². The van der Waals surface area contributed by atoms with Gasteiger partial charge in [-0.25, -0.2) is 9.59 Å². The van der Waals surface area contributed by atoms with Gasteiger partial charge in [0.2, 0.25) is 5.91 Å². The first kappa shape index (κ1) is 21.3. The average molecular weight is 395 g/mol. The summed E-state index contributed by atoms with van der Waals surface area (Å²) in [5.74, 6) is -2.72. The van der Waals surface area contributed by atoms with Gasteiger partial charge < -0.3 is 24.8 Å². The Kier molecular flexibility index (Phi) is 6.22. The van der Waals surface area contributed by atoms with Crippen LogP contribution in [0.5, 0.6) is 0 Å². The van der Waals surface area contributed by atoms with Gasteiger partial charge in [-0.3, -0.25) is 4.79 Å². The highest BCUT2D eigenvalue weighted by Crippen LogP contribution is 2.33. The number of piperidine rings is 1. The number of urea groups is 1. The van der Waals surface area contributed by atoms with Crippen LogP contribution in [-0.4, -0.2) is 85.6 Å². The first-order valence-electron chi connectivity index (χ1n) is 8.22. The van der Waals surface area contributed by atoms with E-state index in [2.05, 4.69) is 4.84 Å². The number of hydrogen-bond donors (Lipinski definition) is 1. The highest BCUT2D eigenvalue weighted by atomic mass is 19.3. The third-order valence-corrected chi connectivity index (χ3v) is 4.34. The molecule has 0 aromatic heterocycles. The summed E-state index contributed by atoms with van der Waals surface area (Å²) in [5, 5.41) is 0.411. The molecule has 2 rings (SSSR count). The zero-order valence-electron chi connectivity index (χ0n) is 15.3. The molecule has 2 N–H and O–H groups in total. The summed E-state index contributed by atoms with van der Waals surface area (Å²) in [7, 11) is 2.62. The second kappa shape index (κ2) is 7.90. The molecule has 2 aliphatic rings. The normalized spacial score (nSPS) is 22.9. The van der Waals surface area contributed by atoms with E-state index in [1.165, 1.54) is 21.1 Å². The molecule has 0 radical (unpaired) electrons. The van der Waals surface area contributed by atoms with E-state index in [1.54, 1.807) is 0 Å². The topological polar surface area (TPSA) is 121 Å². The number of esters is 1. The van der Waals surface area contributed by atoms with Crippen molar-refractivity contribution in [2.24, 2.45) is 5.73 Å². The van der Waals surface area contributed by atoms with E-state index in [9.17, 15) is 23.2 Å². The molecule has 10 nitrogen and oxygen atoms in total. The SMILES string of the molecule is COCC(C)(COC)OC(=O)C(F)(F)ON1C(=O)N2CC1CC[C@H]2C(N)=O. The van der Waals surface area contributed by atoms with Gasteiger partial charge in [0, 0.05) is 20.8 Å². The van der Waals surface area contributed by atoms with Crippen LogP contribution in [-0.2, 0) is 28.6 Å². The van der Waals surface area contributed by atoms with Crippen molar-refractivity contribution >= 4 is 17.9 Å². The number of hydrogen-bond acceptors (Lipinski definition) is 7. The van der Waals surface area contributed by atoms with Gasteiger partial charge in [0.1, 0.15) is 6.04 Å². The van der Waals surface area contributed by atoms with Crippen molar-refractivity contribution in [2.75, 3.05) is 34.0 Å². The number of amides is 3. The first-order chi connectivity index (χ1) is 12.5. The molecule has 0 spiro atoms. The Morgan fingerprint density at radius 3 is 2.33 bits per heavy atom. The molecule has 0 aromatic rings. The molecule has 2 aliphatic heterocycles. The fourth-order valence-electron chi connectivity index (χ4n) is 3.20. The molecule has 0 aliphatic carbocycles. The second-order valence-electron chi connectivity index (χ2n) is 6.72. The number of primary amides is 1. The lowest BCUT2D eigenvalue weighted by molar-refractivity contribution is -0.334. The number of fused-ring (bicyclic) bond motifs is 2. The van der Waals surface area contributed by atoms with Gasteiger partial charge in [0.05, 0.1) is 19.3 Å². The second-order valence-corrected chi connectivity index (χ2v) is 6.72. The monoisotopic (exact) mass is 395 g/mol. The summed E-state index contributed by atoms with van der Waals surface area (Å²) < 4.78 is 43.1. The molecule has 3 amide bonds. The van der Waals surface area contributed by atoms with Gasteiger partial charge in [-0.2, -0.15) is 18.7 Å². The summed E-state index contributed by atoms with van der Waals surface area (Å²) in [5.41, 5.74) is 3.75. The molecular weight excluding hydrogens is 372 g/mol. The third-order valence-electron chi connectivity index (χ3n) is 4.34. The van der Waals surface area contributed by atoms with E-state index in [1.807, 2.05) is 0 Å². The quantitative estimate of drug-likeness (QED) is 0.540. The lowest BCUT2D eigenvalue weighted by atomic mass is 10.0. The molecule has 27 heavy (non-hydrogen) atoms. The molecule has 2 fully saturated rings. The van der Waals surface area contributed by atoms with Crippen molar-refractivity contribution in [3.05, 3.63) is 0 Å². The van der Waals surface area contributed by atoms with Crippen molar-refractivity contribution in [3.63, 3.8) is 0 Å². The smallest absolute Gasteiger partial charge is 0.448 e. The van der Waals surface area contributed by atoms with Crippen LogP contribution in [0.1, 0.15) is 19.8 Å². The minimum Gasteiger partial charge on any atom is -0.448 e. The first-order valence-corrected chi connectivity index (χ1v) is 8.22. The lowest BCUT2D eigenvalue weighted by Crippen LogP contribution is -2.50. The number of methoxy groups -OCH3 is 2. The standard InChI is InChI=1S/C15H23F2N3O7/c1-14(7-24-2,8-25-3)26-12(22)15(16,17)27-20-9-4-5-10(11(18)21)19(6-9)13(20)23/h9-10H,4-8H2,1-3H3,(H2,18,21)/t9?,10-/m0/s1. The van der Waals surface area contributed by atoms with Crippen molar-refractivity contribution in [3.8, 4) is 0 Å². The van der Waals surface area contributed by atoms with Crippen LogP contribution in [0.15, 0.2) is 0 Å². The van der Waals surface area contributed by atoms with Gasteiger partial charge in [-0.05, 0) is 19.8 Å². The lowest BCUT2D eigenvalue weighted by Gasteiger charge is -2.31. The summed E-state index contributed by atoms with van der Waals surface area (Å²) in [6.07, 6.45) is -3.98. The van der Waals surface area contributed by atoms with Crippen LogP contribution < -0.4 is 5.73 Å². The fraction of sp³-hybridized carbons (Fsp3) is 0.800. The molecule has 2 saturated heterocycles. The maximum Gasteiger partial charge on any atom is 0.477 e. The van der Waals surface area contributed by atoms with Crippen molar-refractivity contribution in [2.45, 2.75) is 43.6 Å². The molecule has 12 heteroatoms. The van der Waals surface area contributed by atoms with Crippen molar-refractivity contribution in [1.29, 1.82) is 0 Å². The number of rotatable bonds is 9. The number of nitrogens with zero attached hydrogens (tertiary/aromatic N) is 2. The predicted octanol–water partition coefficient (Wildman–Crippen LogP) is -0.141. The number of alkyl halides is 2. The van der Waals surface area contributed by atoms with E-state index in [4.69, 9.17) is 19.9 Å². The van der Waals surface area contributed by atoms with Crippen molar-refractivity contribution in [1.82, 2.24) is 9.96 Å².